The molecule has 0 aromatic carbocycles. The number of hydrogen-bond donors (Lipinski definition) is 0. The quantitative estimate of drug-likeness (QED) is 0.735. The minimum atomic E-state index is 0.554. The molecular formula is C11H18ClN3. The zero-order chi connectivity index (χ0) is 10.7. The third-order valence-electron chi connectivity index (χ3n) is 3.25. The summed E-state index contributed by atoms with van der Waals surface area (Å²) >= 11 is 5.85. The summed E-state index contributed by atoms with van der Waals surface area (Å²) in [6, 6.07) is 0.672. The summed E-state index contributed by atoms with van der Waals surface area (Å²) < 4.78 is 2.19. The minimum absolute atomic E-state index is 0.554. The van der Waals surface area contributed by atoms with Crippen LogP contribution in [0.5, 0.6) is 0 Å². The molecule has 15 heavy (non-hydrogen) atoms. The lowest BCUT2D eigenvalue weighted by Gasteiger charge is -2.23. The van der Waals surface area contributed by atoms with E-state index in [1.807, 2.05) is 12.5 Å². The van der Waals surface area contributed by atoms with Crippen LogP contribution in [0.1, 0.15) is 25.5 Å². The van der Waals surface area contributed by atoms with Crippen LogP contribution in [0.3, 0.4) is 0 Å². The van der Waals surface area contributed by atoms with Gasteiger partial charge in [0.2, 0.25) is 0 Å². The Morgan fingerprint density at radius 2 is 2.47 bits per heavy atom. The van der Waals surface area contributed by atoms with Gasteiger partial charge < -0.3 is 4.57 Å². The molecule has 84 valence electrons. The molecule has 3 nitrogen and oxygen atoms in total. The van der Waals surface area contributed by atoms with Gasteiger partial charge >= 0.3 is 0 Å². The fraction of sp³-hybridized carbons (Fsp3) is 0.727. The minimum Gasteiger partial charge on any atom is -0.332 e. The van der Waals surface area contributed by atoms with Crippen molar-refractivity contribution in [3.8, 4) is 0 Å². The molecule has 0 amide bonds. The number of halogens is 1. The van der Waals surface area contributed by atoms with Crippen molar-refractivity contribution in [1.29, 1.82) is 0 Å². The summed E-state index contributed by atoms with van der Waals surface area (Å²) in [4.78, 5) is 6.69. The topological polar surface area (TPSA) is 21.1 Å². The molecule has 0 spiro atoms. The van der Waals surface area contributed by atoms with Crippen LogP contribution in [0.25, 0.3) is 0 Å². The summed E-state index contributed by atoms with van der Waals surface area (Å²) in [6.45, 7) is 5.66. The third kappa shape index (κ3) is 2.34. The number of imidazole rings is 1. The Hall–Kier alpha value is -0.540. The summed E-state index contributed by atoms with van der Waals surface area (Å²) in [7, 11) is 0. The van der Waals surface area contributed by atoms with Gasteiger partial charge in [-0.15, -0.1) is 11.6 Å². The van der Waals surface area contributed by atoms with Crippen molar-refractivity contribution >= 4 is 11.6 Å². The van der Waals surface area contributed by atoms with Gasteiger partial charge in [0.25, 0.3) is 0 Å². The largest absolute Gasteiger partial charge is 0.332 e. The van der Waals surface area contributed by atoms with E-state index in [4.69, 9.17) is 11.6 Å². The standard InChI is InChI=1S/C11H18ClN3/c1-2-14-5-3-4-10(14)8-15-9-13-7-11(15)6-12/h7,9-10H,2-6,8H2,1H3. The molecule has 1 aromatic rings. The molecule has 2 rings (SSSR count). The van der Waals surface area contributed by atoms with Crippen LogP contribution in [-0.4, -0.2) is 33.6 Å². The van der Waals surface area contributed by atoms with Gasteiger partial charge in [-0.3, -0.25) is 4.90 Å². The van der Waals surface area contributed by atoms with Crippen molar-refractivity contribution < 1.29 is 0 Å². The van der Waals surface area contributed by atoms with Gasteiger partial charge in [0.1, 0.15) is 0 Å². The molecule has 1 aliphatic heterocycles. The van der Waals surface area contributed by atoms with Crippen LogP contribution >= 0.6 is 11.6 Å². The molecule has 1 aromatic heterocycles. The van der Waals surface area contributed by atoms with E-state index >= 15 is 0 Å². The van der Waals surface area contributed by atoms with Crippen LogP contribution < -0.4 is 0 Å². The maximum absolute atomic E-state index is 5.85. The van der Waals surface area contributed by atoms with Crippen LogP contribution in [0, 0.1) is 0 Å². The number of rotatable bonds is 4. The number of nitrogens with zero attached hydrogens (tertiary/aromatic N) is 3. The Morgan fingerprint density at radius 1 is 1.60 bits per heavy atom. The smallest absolute Gasteiger partial charge is 0.0949 e. The van der Waals surface area contributed by atoms with Gasteiger partial charge in [0.05, 0.1) is 17.9 Å². The molecule has 0 N–H and O–H groups in total. The molecule has 0 saturated carbocycles. The second-order valence-corrected chi connectivity index (χ2v) is 4.36. The average Bonchev–Trinajstić information content (AvgIpc) is 2.87. The normalized spacial score (nSPS) is 22.4. The fourth-order valence-corrected chi connectivity index (χ4v) is 2.59. The molecule has 2 heterocycles. The molecule has 1 unspecified atom stereocenters. The van der Waals surface area contributed by atoms with E-state index in [1.165, 1.54) is 19.4 Å². The van der Waals surface area contributed by atoms with E-state index < -0.39 is 0 Å². The highest BCUT2D eigenvalue weighted by molar-refractivity contribution is 6.16. The second kappa shape index (κ2) is 4.99. The van der Waals surface area contributed by atoms with Crippen LogP contribution in [0.15, 0.2) is 12.5 Å². The fourth-order valence-electron chi connectivity index (χ4n) is 2.37. The molecule has 1 atom stereocenters. The van der Waals surface area contributed by atoms with Gasteiger partial charge in [-0.25, -0.2) is 4.98 Å². The summed E-state index contributed by atoms with van der Waals surface area (Å²) in [5.41, 5.74) is 1.12. The Balaban J connectivity index is 2.01. The van der Waals surface area contributed by atoms with Crippen LogP contribution in [-0.2, 0) is 12.4 Å². The number of likely N-dealkylation sites (N-methyl/N-ethyl adjacent to an activating group) is 1. The highest BCUT2D eigenvalue weighted by Gasteiger charge is 2.23. The maximum Gasteiger partial charge on any atom is 0.0949 e. The van der Waals surface area contributed by atoms with Crippen molar-refractivity contribution in [3.05, 3.63) is 18.2 Å². The van der Waals surface area contributed by atoms with E-state index in [-0.39, 0.29) is 0 Å². The van der Waals surface area contributed by atoms with Gasteiger partial charge in [-0.05, 0) is 25.9 Å². The monoisotopic (exact) mass is 227 g/mol. The Morgan fingerprint density at radius 3 is 3.20 bits per heavy atom. The lowest BCUT2D eigenvalue weighted by molar-refractivity contribution is 0.243. The SMILES string of the molecule is CCN1CCCC1Cn1cncc1CCl. The number of alkyl halides is 1. The number of likely N-dealkylation sites (tertiary alicyclic amines) is 1. The van der Waals surface area contributed by atoms with Gasteiger partial charge in [0, 0.05) is 18.8 Å². The lowest BCUT2D eigenvalue weighted by atomic mass is 10.2. The van der Waals surface area contributed by atoms with E-state index in [2.05, 4.69) is 21.4 Å². The van der Waals surface area contributed by atoms with Crippen molar-refractivity contribution in [2.75, 3.05) is 13.1 Å². The molecule has 4 heteroatoms. The lowest BCUT2D eigenvalue weighted by Crippen LogP contribution is -2.32. The van der Waals surface area contributed by atoms with E-state index in [0.29, 0.717) is 11.9 Å². The van der Waals surface area contributed by atoms with E-state index in [9.17, 15) is 0 Å². The molecular weight excluding hydrogens is 210 g/mol. The highest BCUT2D eigenvalue weighted by Crippen LogP contribution is 2.19. The predicted molar refractivity (Wildman–Crippen MR) is 62.1 cm³/mol. The second-order valence-electron chi connectivity index (χ2n) is 4.10. The molecule has 0 bridgehead atoms. The van der Waals surface area contributed by atoms with Gasteiger partial charge in [0.15, 0.2) is 0 Å². The zero-order valence-electron chi connectivity index (χ0n) is 9.19. The molecule has 0 radical (unpaired) electrons. The first-order valence-corrected chi connectivity index (χ1v) is 6.17. The van der Waals surface area contributed by atoms with Crippen molar-refractivity contribution in [1.82, 2.24) is 14.5 Å². The summed E-state index contributed by atoms with van der Waals surface area (Å²) in [5.74, 6) is 0.554. The number of hydrogen-bond acceptors (Lipinski definition) is 2. The first kappa shape index (κ1) is 11.0. The predicted octanol–water partition coefficient (Wildman–Crippen LogP) is 2.11. The van der Waals surface area contributed by atoms with Crippen molar-refractivity contribution in [2.45, 2.75) is 38.2 Å². The van der Waals surface area contributed by atoms with E-state index in [1.54, 1.807) is 0 Å². The zero-order valence-corrected chi connectivity index (χ0v) is 9.95. The maximum atomic E-state index is 5.85. The molecule has 1 saturated heterocycles. The van der Waals surface area contributed by atoms with Crippen molar-refractivity contribution in [2.24, 2.45) is 0 Å². The van der Waals surface area contributed by atoms with Crippen LogP contribution in [0.4, 0.5) is 0 Å². The molecule has 1 aliphatic rings. The Kier molecular flexibility index (Phi) is 3.65. The van der Waals surface area contributed by atoms with E-state index in [0.717, 1.165) is 18.8 Å². The van der Waals surface area contributed by atoms with Crippen molar-refractivity contribution in [3.63, 3.8) is 0 Å². The third-order valence-corrected chi connectivity index (χ3v) is 3.52. The first-order chi connectivity index (χ1) is 7.35. The average molecular weight is 228 g/mol. The Labute approximate surface area is 96.0 Å². The summed E-state index contributed by atoms with van der Waals surface area (Å²) in [5, 5.41) is 0. The first-order valence-electron chi connectivity index (χ1n) is 5.64. The highest BCUT2D eigenvalue weighted by atomic mass is 35.5. The molecule has 0 aliphatic carbocycles. The summed E-state index contributed by atoms with van der Waals surface area (Å²) in [6.07, 6.45) is 6.37. The van der Waals surface area contributed by atoms with Gasteiger partial charge in [-0.2, -0.15) is 0 Å². The molecule has 1 fully saturated rings. The van der Waals surface area contributed by atoms with Gasteiger partial charge in [-0.1, -0.05) is 6.92 Å². The number of aromatic nitrogens is 2. The van der Waals surface area contributed by atoms with Crippen LogP contribution in [0.2, 0.25) is 0 Å². The Bertz CT molecular complexity index is 311.